The Labute approximate surface area is 193 Å². The molecular weight excluding hydrogens is 438 g/mol. The number of carbonyl (C=O) groups is 2. The number of fused-ring (bicyclic) bond motifs is 1. The maximum atomic E-state index is 13.6. The van der Waals surface area contributed by atoms with Crippen LogP contribution in [0.1, 0.15) is 33.4 Å². The molecule has 4 rings (SSSR count). The molecule has 1 N–H and O–H groups in total. The third-order valence-electron chi connectivity index (χ3n) is 5.90. The minimum atomic E-state index is -3.56. The fraction of sp³-hybridized carbons (Fsp3) is 0.200. The molecule has 1 aliphatic heterocycles. The van der Waals surface area contributed by atoms with Crippen molar-refractivity contribution in [2.75, 3.05) is 26.5 Å². The molecule has 0 aliphatic carbocycles. The van der Waals surface area contributed by atoms with Crippen molar-refractivity contribution < 1.29 is 18.0 Å². The molecule has 7 nitrogen and oxygen atoms in total. The van der Waals surface area contributed by atoms with E-state index in [1.165, 1.54) is 26.2 Å². The number of benzene rings is 3. The molecule has 1 aliphatic rings. The molecule has 2 atom stereocenters. The SMILES string of the molecule is CN1C(=O)c2ccccc2[C@H](C(=O)Nc2ccc(S(=O)(=O)N(C)C)cc2)[C@@H]1c1ccccc1. The predicted molar refractivity (Wildman–Crippen MR) is 126 cm³/mol. The summed E-state index contributed by atoms with van der Waals surface area (Å²) in [5, 5.41) is 2.91. The Morgan fingerprint density at radius 1 is 0.909 bits per heavy atom. The van der Waals surface area contributed by atoms with E-state index in [4.69, 9.17) is 0 Å². The van der Waals surface area contributed by atoms with Crippen molar-refractivity contribution in [1.29, 1.82) is 0 Å². The first kappa shape index (κ1) is 22.7. The summed E-state index contributed by atoms with van der Waals surface area (Å²) in [6.07, 6.45) is 0. The van der Waals surface area contributed by atoms with Crippen LogP contribution in [0.15, 0.2) is 83.8 Å². The van der Waals surface area contributed by atoms with E-state index in [0.29, 0.717) is 16.8 Å². The van der Waals surface area contributed by atoms with E-state index in [0.717, 1.165) is 9.87 Å². The molecule has 3 aromatic rings. The Morgan fingerprint density at radius 2 is 1.52 bits per heavy atom. The van der Waals surface area contributed by atoms with Gasteiger partial charge in [-0.3, -0.25) is 9.59 Å². The second-order valence-corrected chi connectivity index (χ2v) is 10.3. The fourth-order valence-corrected chi connectivity index (χ4v) is 5.07. The Kier molecular flexibility index (Phi) is 6.05. The first-order valence-electron chi connectivity index (χ1n) is 10.5. The molecule has 3 aromatic carbocycles. The van der Waals surface area contributed by atoms with E-state index in [-0.39, 0.29) is 16.7 Å². The van der Waals surface area contributed by atoms with Gasteiger partial charge in [-0.2, -0.15) is 0 Å². The van der Waals surface area contributed by atoms with Crippen LogP contribution in [0.3, 0.4) is 0 Å². The van der Waals surface area contributed by atoms with Crippen molar-refractivity contribution in [3.05, 3.63) is 95.6 Å². The Balaban J connectivity index is 1.71. The molecule has 0 radical (unpaired) electrons. The number of nitrogens with zero attached hydrogens (tertiary/aromatic N) is 2. The van der Waals surface area contributed by atoms with E-state index in [2.05, 4.69) is 5.32 Å². The van der Waals surface area contributed by atoms with Crippen LogP contribution in [-0.2, 0) is 14.8 Å². The van der Waals surface area contributed by atoms with Gasteiger partial charge >= 0.3 is 0 Å². The summed E-state index contributed by atoms with van der Waals surface area (Å²) in [7, 11) is 1.07. The maximum absolute atomic E-state index is 13.6. The monoisotopic (exact) mass is 463 g/mol. The smallest absolute Gasteiger partial charge is 0.254 e. The number of amides is 2. The summed E-state index contributed by atoms with van der Waals surface area (Å²) in [5.41, 5.74) is 2.50. The number of anilines is 1. The number of hydrogen-bond acceptors (Lipinski definition) is 4. The van der Waals surface area contributed by atoms with Crippen LogP contribution in [0.2, 0.25) is 0 Å². The molecule has 0 bridgehead atoms. The third-order valence-corrected chi connectivity index (χ3v) is 7.73. The summed E-state index contributed by atoms with van der Waals surface area (Å²) >= 11 is 0. The number of sulfonamides is 1. The van der Waals surface area contributed by atoms with Gasteiger partial charge in [0.25, 0.3) is 5.91 Å². The highest BCUT2D eigenvalue weighted by atomic mass is 32.2. The lowest BCUT2D eigenvalue weighted by molar-refractivity contribution is -0.119. The van der Waals surface area contributed by atoms with E-state index < -0.39 is 22.0 Å². The average Bonchev–Trinajstić information content (AvgIpc) is 2.82. The number of carbonyl (C=O) groups excluding carboxylic acids is 2. The molecule has 2 amide bonds. The molecule has 0 unspecified atom stereocenters. The zero-order valence-corrected chi connectivity index (χ0v) is 19.4. The standard InChI is InChI=1S/C25H25N3O4S/c1-27(2)33(31,32)19-15-13-18(14-16-19)26-24(29)22-20-11-7-8-12-21(20)25(30)28(3)23(22)17-9-5-4-6-10-17/h4-16,22-23H,1-3H3,(H,26,29)/t22-,23-/m0/s1. The molecule has 1 heterocycles. The van der Waals surface area contributed by atoms with Crippen LogP contribution in [-0.4, -0.2) is 50.6 Å². The Morgan fingerprint density at radius 3 is 2.15 bits per heavy atom. The van der Waals surface area contributed by atoms with Crippen LogP contribution >= 0.6 is 0 Å². The molecule has 0 fully saturated rings. The van der Waals surface area contributed by atoms with Crippen molar-refractivity contribution in [2.24, 2.45) is 0 Å². The zero-order valence-electron chi connectivity index (χ0n) is 18.6. The summed E-state index contributed by atoms with van der Waals surface area (Å²) in [6.45, 7) is 0. The number of likely N-dealkylation sites (N-methyl/N-ethyl adjacent to an activating group) is 1. The maximum Gasteiger partial charge on any atom is 0.254 e. The Bertz CT molecular complexity index is 1290. The lowest BCUT2D eigenvalue weighted by Gasteiger charge is -2.39. The first-order chi connectivity index (χ1) is 15.7. The quantitative estimate of drug-likeness (QED) is 0.628. The van der Waals surface area contributed by atoms with Crippen LogP contribution < -0.4 is 5.32 Å². The zero-order chi connectivity index (χ0) is 23.8. The first-order valence-corrected chi connectivity index (χ1v) is 11.9. The number of rotatable bonds is 5. The molecule has 0 saturated carbocycles. The third kappa shape index (κ3) is 4.15. The van der Waals surface area contributed by atoms with Crippen molar-refractivity contribution in [2.45, 2.75) is 16.9 Å². The molecule has 0 aromatic heterocycles. The van der Waals surface area contributed by atoms with Crippen LogP contribution in [0.25, 0.3) is 0 Å². The number of nitrogens with one attached hydrogen (secondary N) is 1. The van der Waals surface area contributed by atoms with Crippen LogP contribution in [0.5, 0.6) is 0 Å². The minimum absolute atomic E-state index is 0.137. The molecular formula is C25H25N3O4S. The largest absolute Gasteiger partial charge is 0.334 e. The van der Waals surface area contributed by atoms with Gasteiger partial charge < -0.3 is 10.2 Å². The second-order valence-electron chi connectivity index (χ2n) is 8.14. The van der Waals surface area contributed by atoms with Gasteiger partial charge in [-0.05, 0) is 41.5 Å². The van der Waals surface area contributed by atoms with Gasteiger partial charge in [0.2, 0.25) is 15.9 Å². The summed E-state index contributed by atoms with van der Waals surface area (Å²) < 4.78 is 25.8. The number of hydrogen-bond donors (Lipinski definition) is 1. The highest BCUT2D eigenvalue weighted by Gasteiger charge is 2.42. The predicted octanol–water partition coefficient (Wildman–Crippen LogP) is 3.49. The van der Waals surface area contributed by atoms with Gasteiger partial charge in [0.1, 0.15) is 0 Å². The molecule has 0 saturated heterocycles. The van der Waals surface area contributed by atoms with Gasteiger partial charge in [0.15, 0.2) is 0 Å². The normalized spacial score (nSPS) is 18.2. The van der Waals surface area contributed by atoms with Crippen molar-refractivity contribution >= 4 is 27.5 Å². The van der Waals surface area contributed by atoms with E-state index >= 15 is 0 Å². The van der Waals surface area contributed by atoms with Gasteiger partial charge in [-0.1, -0.05) is 48.5 Å². The van der Waals surface area contributed by atoms with Crippen LogP contribution in [0, 0.1) is 0 Å². The molecule has 170 valence electrons. The molecule has 8 heteroatoms. The fourth-order valence-electron chi connectivity index (χ4n) is 4.16. The van der Waals surface area contributed by atoms with E-state index in [9.17, 15) is 18.0 Å². The van der Waals surface area contributed by atoms with E-state index in [1.807, 2.05) is 42.5 Å². The van der Waals surface area contributed by atoms with Gasteiger partial charge in [0, 0.05) is 32.4 Å². The second kappa shape index (κ2) is 8.80. The molecule has 33 heavy (non-hydrogen) atoms. The van der Waals surface area contributed by atoms with Crippen molar-refractivity contribution in [3.63, 3.8) is 0 Å². The lowest BCUT2D eigenvalue weighted by Crippen LogP contribution is -2.44. The van der Waals surface area contributed by atoms with E-state index in [1.54, 1.807) is 36.2 Å². The van der Waals surface area contributed by atoms with Gasteiger partial charge in [0.05, 0.1) is 16.9 Å². The Hall–Kier alpha value is -3.49. The molecule has 0 spiro atoms. The summed E-state index contributed by atoms with van der Waals surface area (Å²) in [5.74, 6) is -1.06. The average molecular weight is 464 g/mol. The highest BCUT2D eigenvalue weighted by Crippen LogP contribution is 2.42. The summed E-state index contributed by atoms with van der Waals surface area (Å²) in [6, 6.07) is 22.2. The lowest BCUT2D eigenvalue weighted by atomic mass is 9.79. The topological polar surface area (TPSA) is 86.8 Å². The van der Waals surface area contributed by atoms with Crippen molar-refractivity contribution in [1.82, 2.24) is 9.21 Å². The van der Waals surface area contributed by atoms with Crippen LogP contribution in [0.4, 0.5) is 5.69 Å². The van der Waals surface area contributed by atoms with Gasteiger partial charge in [-0.15, -0.1) is 0 Å². The van der Waals surface area contributed by atoms with Gasteiger partial charge in [-0.25, -0.2) is 12.7 Å². The van der Waals surface area contributed by atoms with Crippen molar-refractivity contribution in [3.8, 4) is 0 Å². The highest BCUT2D eigenvalue weighted by molar-refractivity contribution is 7.89. The minimum Gasteiger partial charge on any atom is -0.334 e. The summed E-state index contributed by atoms with van der Waals surface area (Å²) in [4.78, 5) is 28.4.